The minimum absolute atomic E-state index is 0.201. The maximum Gasteiger partial charge on any atom is 0.123 e. The second-order valence-electron chi connectivity index (χ2n) is 5.40. The van der Waals surface area contributed by atoms with E-state index in [1.165, 1.54) is 6.07 Å². The van der Waals surface area contributed by atoms with E-state index in [2.05, 4.69) is 31.0 Å². The van der Waals surface area contributed by atoms with Crippen LogP contribution in [0.3, 0.4) is 0 Å². The lowest BCUT2D eigenvalue weighted by Crippen LogP contribution is -2.26. The minimum Gasteiger partial charge on any atom is -0.467 e. The van der Waals surface area contributed by atoms with Gasteiger partial charge in [0.15, 0.2) is 0 Å². The van der Waals surface area contributed by atoms with Crippen LogP contribution in [0.15, 0.2) is 41.0 Å². The van der Waals surface area contributed by atoms with Crippen molar-refractivity contribution in [3.63, 3.8) is 0 Å². The summed E-state index contributed by atoms with van der Waals surface area (Å²) in [5.74, 6) is 0.706. The Bertz CT molecular complexity index is 552. The fourth-order valence-corrected chi connectivity index (χ4v) is 2.28. The van der Waals surface area contributed by atoms with Gasteiger partial charge in [-0.05, 0) is 42.8 Å². The van der Waals surface area contributed by atoms with Crippen LogP contribution in [0.1, 0.15) is 32.1 Å². The molecule has 0 spiro atoms. The van der Waals surface area contributed by atoms with Crippen molar-refractivity contribution < 1.29 is 8.81 Å². The van der Waals surface area contributed by atoms with Gasteiger partial charge < -0.3 is 14.6 Å². The van der Waals surface area contributed by atoms with Gasteiger partial charge in [0.1, 0.15) is 11.6 Å². The highest BCUT2D eigenvalue weighted by molar-refractivity contribution is 5.54. The molecule has 0 saturated carbocycles. The molecule has 1 heterocycles. The van der Waals surface area contributed by atoms with Crippen LogP contribution in [0.2, 0.25) is 0 Å². The summed E-state index contributed by atoms with van der Waals surface area (Å²) < 4.78 is 19.0. The highest BCUT2D eigenvalue weighted by Crippen LogP contribution is 2.24. The molecule has 1 aromatic carbocycles. The van der Waals surface area contributed by atoms with Crippen LogP contribution in [0, 0.1) is 5.82 Å². The zero-order chi connectivity index (χ0) is 15.2. The molecule has 0 atom stereocenters. The first-order chi connectivity index (χ1) is 10.1. The molecule has 4 heteroatoms. The quantitative estimate of drug-likeness (QED) is 0.837. The van der Waals surface area contributed by atoms with E-state index < -0.39 is 0 Å². The summed E-state index contributed by atoms with van der Waals surface area (Å²) in [5.41, 5.74) is 2.01. The normalized spacial score (nSPS) is 11.1. The third-order valence-electron chi connectivity index (χ3n) is 3.39. The summed E-state index contributed by atoms with van der Waals surface area (Å²) >= 11 is 0. The number of anilines is 1. The Kier molecular flexibility index (Phi) is 5.39. The van der Waals surface area contributed by atoms with Crippen molar-refractivity contribution in [1.29, 1.82) is 0 Å². The summed E-state index contributed by atoms with van der Waals surface area (Å²) in [6.45, 7) is 8.43. The molecule has 114 valence electrons. The van der Waals surface area contributed by atoms with E-state index in [1.807, 2.05) is 18.2 Å². The maximum atomic E-state index is 13.6. The van der Waals surface area contributed by atoms with E-state index >= 15 is 0 Å². The Labute approximate surface area is 125 Å². The molecular weight excluding hydrogens is 267 g/mol. The predicted molar refractivity (Wildman–Crippen MR) is 83.8 cm³/mol. The van der Waals surface area contributed by atoms with Gasteiger partial charge >= 0.3 is 0 Å². The average Bonchev–Trinajstić information content (AvgIpc) is 2.96. The summed E-state index contributed by atoms with van der Waals surface area (Å²) in [4.78, 5) is 2.19. The molecule has 2 rings (SSSR count). The molecule has 0 amide bonds. The molecule has 0 fully saturated rings. The summed E-state index contributed by atoms with van der Waals surface area (Å²) in [7, 11) is 0. The van der Waals surface area contributed by atoms with Crippen molar-refractivity contribution in [2.24, 2.45) is 0 Å². The lowest BCUT2D eigenvalue weighted by atomic mass is 10.1. The largest absolute Gasteiger partial charge is 0.467 e. The van der Waals surface area contributed by atoms with Crippen LogP contribution in [-0.2, 0) is 13.1 Å². The number of furan rings is 1. The van der Waals surface area contributed by atoms with E-state index in [1.54, 1.807) is 12.3 Å². The smallest absolute Gasteiger partial charge is 0.123 e. The van der Waals surface area contributed by atoms with E-state index in [-0.39, 0.29) is 5.82 Å². The number of benzene rings is 1. The standard InChI is InChI=1S/C17H23FN2O/c1-4-20(12-16-6-5-9-21-16)17-8-7-15(18)10-14(17)11-19-13(2)3/h5-10,13,19H,4,11-12H2,1-3H3. The van der Waals surface area contributed by atoms with Gasteiger partial charge in [0.25, 0.3) is 0 Å². The van der Waals surface area contributed by atoms with Gasteiger partial charge in [-0.2, -0.15) is 0 Å². The van der Waals surface area contributed by atoms with Gasteiger partial charge in [-0.15, -0.1) is 0 Å². The lowest BCUT2D eigenvalue weighted by Gasteiger charge is -2.25. The Hall–Kier alpha value is -1.81. The molecule has 1 N–H and O–H groups in total. The Morgan fingerprint density at radius 1 is 1.29 bits per heavy atom. The number of nitrogens with zero attached hydrogens (tertiary/aromatic N) is 1. The van der Waals surface area contributed by atoms with Crippen molar-refractivity contribution in [1.82, 2.24) is 5.32 Å². The zero-order valence-electron chi connectivity index (χ0n) is 12.9. The van der Waals surface area contributed by atoms with Crippen LogP contribution in [0.25, 0.3) is 0 Å². The number of halogens is 1. The molecule has 2 aromatic rings. The third kappa shape index (κ3) is 4.33. The van der Waals surface area contributed by atoms with E-state index in [0.29, 0.717) is 19.1 Å². The highest BCUT2D eigenvalue weighted by atomic mass is 19.1. The van der Waals surface area contributed by atoms with Crippen LogP contribution in [-0.4, -0.2) is 12.6 Å². The highest BCUT2D eigenvalue weighted by Gasteiger charge is 2.13. The summed E-state index contributed by atoms with van der Waals surface area (Å²) in [6, 6.07) is 9.17. The molecule has 0 bridgehead atoms. The molecule has 0 aliphatic rings. The van der Waals surface area contributed by atoms with Gasteiger partial charge in [0.2, 0.25) is 0 Å². The van der Waals surface area contributed by atoms with Crippen LogP contribution >= 0.6 is 0 Å². The molecule has 0 aliphatic heterocycles. The zero-order valence-corrected chi connectivity index (χ0v) is 12.9. The fourth-order valence-electron chi connectivity index (χ4n) is 2.28. The van der Waals surface area contributed by atoms with Gasteiger partial charge in [0.05, 0.1) is 12.8 Å². The first-order valence-corrected chi connectivity index (χ1v) is 7.39. The van der Waals surface area contributed by atoms with Gasteiger partial charge in [0, 0.05) is 24.8 Å². The van der Waals surface area contributed by atoms with Gasteiger partial charge in [-0.25, -0.2) is 4.39 Å². The molecule has 1 aromatic heterocycles. The number of hydrogen-bond donors (Lipinski definition) is 1. The summed E-state index contributed by atoms with van der Waals surface area (Å²) in [6.07, 6.45) is 1.68. The predicted octanol–water partition coefficient (Wildman–Crippen LogP) is 3.94. The number of rotatable bonds is 7. The Morgan fingerprint density at radius 3 is 2.71 bits per heavy atom. The molecule has 21 heavy (non-hydrogen) atoms. The summed E-state index contributed by atoms with van der Waals surface area (Å²) in [5, 5.41) is 3.35. The SMILES string of the molecule is CCN(Cc1ccco1)c1ccc(F)cc1CNC(C)C. The second-order valence-corrected chi connectivity index (χ2v) is 5.40. The van der Waals surface area contributed by atoms with Crippen molar-refractivity contribution in [2.45, 2.75) is 39.9 Å². The van der Waals surface area contributed by atoms with Crippen LogP contribution < -0.4 is 10.2 Å². The average molecular weight is 290 g/mol. The molecule has 0 aliphatic carbocycles. The van der Waals surface area contributed by atoms with E-state index in [4.69, 9.17) is 4.42 Å². The van der Waals surface area contributed by atoms with E-state index in [9.17, 15) is 4.39 Å². The van der Waals surface area contributed by atoms with Crippen LogP contribution in [0.5, 0.6) is 0 Å². The Balaban J connectivity index is 2.22. The molecular formula is C17H23FN2O. The number of nitrogens with one attached hydrogen (secondary N) is 1. The van der Waals surface area contributed by atoms with Crippen molar-refractivity contribution >= 4 is 5.69 Å². The first-order valence-electron chi connectivity index (χ1n) is 7.39. The Morgan fingerprint density at radius 2 is 2.10 bits per heavy atom. The molecule has 0 radical (unpaired) electrons. The van der Waals surface area contributed by atoms with Gasteiger partial charge in [-0.3, -0.25) is 0 Å². The second kappa shape index (κ2) is 7.27. The third-order valence-corrected chi connectivity index (χ3v) is 3.39. The number of hydrogen-bond acceptors (Lipinski definition) is 3. The van der Waals surface area contributed by atoms with E-state index in [0.717, 1.165) is 23.6 Å². The lowest BCUT2D eigenvalue weighted by molar-refractivity contribution is 0.503. The molecule has 3 nitrogen and oxygen atoms in total. The topological polar surface area (TPSA) is 28.4 Å². The fraction of sp³-hybridized carbons (Fsp3) is 0.412. The molecule has 0 unspecified atom stereocenters. The van der Waals surface area contributed by atoms with Gasteiger partial charge in [-0.1, -0.05) is 13.8 Å². The van der Waals surface area contributed by atoms with Crippen molar-refractivity contribution in [2.75, 3.05) is 11.4 Å². The monoisotopic (exact) mass is 290 g/mol. The maximum absolute atomic E-state index is 13.6. The molecule has 0 saturated heterocycles. The van der Waals surface area contributed by atoms with Crippen molar-refractivity contribution in [3.8, 4) is 0 Å². The van der Waals surface area contributed by atoms with Crippen LogP contribution in [0.4, 0.5) is 10.1 Å². The minimum atomic E-state index is -0.201. The first kappa shape index (κ1) is 15.6. The van der Waals surface area contributed by atoms with Crippen molar-refractivity contribution in [3.05, 3.63) is 53.7 Å².